The van der Waals surface area contributed by atoms with Crippen LogP contribution >= 0.6 is 11.3 Å². The summed E-state index contributed by atoms with van der Waals surface area (Å²) in [6.45, 7) is 2.01. The molecule has 0 aliphatic carbocycles. The molecule has 0 spiro atoms. The van der Waals surface area contributed by atoms with Gasteiger partial charge in [-0.05, 0) is 30.5 Å². The van der Waals surface area contributed by atoms with Gasteiger partial charge in [-0.2, -0.15) is 0 Å². The summed E-state index contributed by atoms with van der Waals surface area (Å²) >= 11 is 1.36. The molecule has 0 fully saturated rings. The van der Waals surface area contributed by atoms with Crippen LogP contribution in [0.15, 0.2) is 76.4 Å². The molecule has 0 N–H and O–H groups in total. The zero-order valence-corrected chi connectivity index (χ0v) is 15.5. The lowest BCUT2D eigenvalue weighted by atomic mass is 10.2. The van der Waals surface area contributed by atoms with Crippen LogP contribution in [-0.4, -0.2) is 8.97 Å². The summed E-state index contributed by atoms with van der Waals surface area (Å²) in [5.41, 5.74) is 1.78. The van der Waals surface area contributed by atoms with Crippen LogP contribution < -0.4 is 11.2 Å². The molecule has 0 atom stereocenters. The minimum atomic E-state index is -0.339. The summed E-state index contributed by atoms with van der Waals surface area (Å²) in [5.74, 6) is 6.18. The minimum Gasteiger partial charge on any atom is -0.269 e. The van der Waals surface area contributed by atoms with Gasteiger partial charge in [0.1, 0.15) is 4.83 Å². The molecule has 5 heteroatoms. The molecule has 4 rings (SSSR count). The Morgan fingerprint density at radius 2 is 1.59 bits per heavy atom. The molecule has 2 heterocycles. The fourth-order valence-corrected chi connectivity index (χ4v) is 3.82. The maximum Gasteiger partial charge on any atom is 0.336 e. The number of aromatic nitrogens is 2. The van der Waals surface area contributed by atoms with Crippen LogP contribution in [-0.2, 0) is 6.54 Å². The molecule has 0 aliphatic rings. The van der Waals surface area contributed by atoms with Crippen LogP contribution in [0.4, 0.5) is 0 Å². The van der Waals surface area contributed by atoms with Gasteiger partial charge < -0.3 is 0 Å². The van der Waals surface area contributed by atoms with E-state index in [0.717, 1.165) is 16.0 Å². The average Bonchev–Trinajstić information content (AvgIpc) is 3.14. The summed E-state index contributed by atoms with van der Waals surface area (Å²) in [6, 6.07) is 19.2. The molecule has 0 amide bonds. The maximum atomic E-state index is 12.9. The third kappa shape index (κ3) is 3.35. The van der Waals surface area contributed by atoms with E-state index >= 15 is 0 Å². The van der Waals surface area contributed by atoms with Crippen molar-refractivity contribution in [3.8, 4) is 11.8 Å². The van der Waals surface area contributed by atoms with Crippen LogP contribution in [0.3, 0.4) is 0 Å². The predicted molar refractivity (Wildman–Crippen MR) is 109 cm³/mol. The second kappa shape index (κ2) is 7.10. The number of nitrogens with zero attached hydrogens (tertiary/aromatic N) is 2. The first-order valence-electron chi connectivity index (χ1n) is 8.50. The normalized spacial score (nSPS) is 10.6. The quantitative estimate of drug-likeness (QED) is 0.507. The van der Waals surface area contributed by atoms with Crippen molar-refractivity contribution in [2.75, 3.05) is 0 Å². The van der Waals surface area contributed by atoms with Gasteiger partial charge >= 0.3 is 5.69 Å². The lowest BCUT2D eigenvalue weighted by Gasteiger charge is -2.07. The van der Waals surface area contributed by atoms with E-state index in [1.807, 2.05) is 60.7 Å². The van der Waals surface area contributed by atoms with E-state index in [4.69, 9.17) is 0 Å². The van der Waals surface area contributed by atoms with Gasteiger partial charge in [-0.15, -0.1) is 11.3 Å². The number of benzene rings is 2. The summed E-state index contributed by atoms with van der Waals surface area (Å²) < 4.78 is 2.80. The largest absolute Gasteiger partial charge is 0.336 e. The van der Waals surface area contributed by atoms with E-state index in [1.165, 1.54) is 20.3 Å². The topological polar surface area (TPSA) is 43.5 Å². The van der Waals surface area contributed by atoms with E-state index in [2.05, 4.69) is 11.8 Å². The highest BCUT2D eigenvalue weighted by molar-refractivity contribution is 7.18. The molecule has 2 aromatic carbocycles. The molecular weight excluding hydrogens is 356 g/mol. The Labute approximate surface area is 160 Å². The summed E-state index contributed by atoms with van der Waals surface area (Å²) in [6.07, 6.45) is 1.71. The zero-order chi connectivity index (χ0) is 18.8. The van der Waals surface area contributed by atoms with Gasteiger partial charge in [0, 0.05) is 17.3 Å². The number of fused-ring (bicyclic) bond motifs is 1. The molecule has 0 aliphatic heterocycles. The fourth-order valence-electron chi connectivity index (χ4n) is 2.88. The standard InChI is InChI=1S/C22H16N2O2S/c1-16-20(25)23(14-18-10-6-3-7-11-18)22(26)24-15-19(27-21(16)24)13-12-17-8-4-2-5-9-17/h2-11,15H,14H2,1H3. The number of hydrogen-bond donors (Lipinski definition) is 0. The van der Waals surface area contributed by atoms with Gasteiger partial charge in [-0.1, -0.05) is 54.5 Å². The Bertz CT molecular complexity index is 1290. The van der Waals surface area contributed by atoms with E-state index in [9.17, 15) is 9.59 Å². The first-order chi connectivity index (χ1) is 13.1. The van der Waals surface area contributed by atoms with Crippen molar-refractivity contribution in [1.82, 2.24) is 8.97 Å². The molecule has 0 radical (unpaired) electrons. The molecule has 4 nitrogen and oxygen atoms in total. The Hall–Kier alpha value is -3.36. The minimum absolute atomic E-state index is 0.253. The van der Waals surface area contributed by atoms with Crippen molar-refractivity contribution < 1.29 is 0 Å². The molecular formula is C22H16N2O2S. The van der Waals surface area contributed by atoms with Crippen molar-refractivity contribution in [2.24, 2.45) is 0 Å². The van der Waals surface area contributed by atoms with E-state index < -0.39 is 0 Å². The van der Waals surface area contributed by atoms with E-state index in [-0.39, 0.29) is 17.8 Å². The second-order valence-electron chi connectivity index (χ2n) is 6.17. The van der Waals surface area contributed by atoms with Gasteiger partial charge in [0.25, 0.3) is 5.56 Å². The predicted octanol–water partition coefficient (Wildman–Crippen LogP) is 3.28. The summed E-state index contributed by atoms with van der Waals surface area (Å²) in [7, 11) is 0. The molecule has 2 aromatic heterocycles. The number of hydrogen-bond acceptors (Lipinski definition) is 3. The highest BCUT2D eigenvalue weighted by atomic mass is 32.1. The van der Waals surface area contributed by atoms with Crippen LogP contribution in [0, 0.1) is 18.8 Å². The molecule has 132 valence electrons. The Kier molecular flexibility index (Phi) is 4.49. The first kappa shape index (κ1) is 17.1. The van der Waals surface area contributed by atoms with Crippen LogP contribution in [0.2, 0.25) is 0 Å². The zero-order valence-electron chi connectivity index (χ0n) is 14.7. The molecule has 0 saturated carbocycles. The Morgan fingerprint density at radius 1 is 0.926 bits per heavy atom. The first-order valence-corrected chi connectivity index (χ1v) is 9.32. The lowest BCUT2D eigenvalue weighted by molar-refractivity contribution is 0.683. The number of rotatable bonds is 2. The third-order valence-corrected chi connectivity index (χ3v) is 5.41. The maximum absolute atomic E-state index is 12.9. The van der Waals surface area contributed by atoms with Crippen molar-refractivity contribution in [2.45, 2.75) is 13.5 Å². The number of aryl methyl sites for hydroxylation is 1. The number of thiazole rings is 1. The van der Waals surface area contributed by atoms with Gasteiger partial charge in [-0.25, -0.2) is 4.79 Å². The Balaban J connectivity index is 1.81. The van der Waals surface area contributed by atoms with Crippen molar-refractivity contribution in [1.29, 1.82) is 0 Å². The summed E-state index contributed by atoms with van der Waals surface area (Å²) in [5, 5.41) is 0. The second-order valence-corrected chi connectivity index (χ2v) is 7.20. The van der Waals surface area contributed by atoms with Crippen molar-refractivity contribution in [3.05, 3.63) is 109 Å². The monoisotopic (exact) mass is 372 g/mol. The van der Waals surface area contributed by atoms with E-state index in [0.29, 0.717) is 10.4 Å². The molecule has 27 heavy (non-hydrogen) atoms. The SMILES string of the molecule is Cc1c(=O)n(Cc2ccccc2)c(=O)n2cc(C#Cc3ccccc3)sc12. The molecule has 0 unspecified atom stereocenters. The molecule has 4 aromatic rings. The van der Waals surface area contributed by atoms with Crippen molar-refractivity contribution >= 4 is 16.2 Å². The lowest BCUT2D eigenvalue weighted by Crippen LogP contribution is -2.38. The van der Waals surface area contributed by atoms with Gasteiger partial charge in [0.2, 0.25) is 0 Å². The fraction of sp³-hybridized carbons (Fsp3) is 0.0909. The van der Waals surface area contributed by atoms with Crippen LogP contribution in [0.25, 0.3) is 4.83 Å². The van der Waals surface area contributed by atoms with Crippen LogP contribution in [0.5, 0.6) is 0 Å². The van der Waals surface area contributed by atoms with Crippen molar-refractivity contribution in [3.63, 3.8) is 0 Å². The highest BCUT2D eigenvalue weighted by Crippen LogP contribution is 2.17. The van der Waals surface area contributed by atoms with Crippen LogP contribution in [0.1, 0.15) is 21.6 Å². The molecule has 0 saturated heterocycles. The van der Waals surface area contributed by atoms with Gasteiger partial charge in [-0.3, -0.25) is 13.8 Å². The average molecular weight is 372 g/mol. The van der Waals surface area contributed by atoms with Gasteiger partial charge in [0.05, 0.1) is 11.4 Å². The highest BCUT2D eigenvalue weighted by Gasteiger charge is 2.14. The summed E-state index contributed by atoms with van der Waals surface area (Å²) in [4.78, 5) is 27.0. The smallest absolute Gasteiger partial charge is 0.269 e. The van der Waals surface area contributed by atoms with E-state index in [1.54, 1.807) is 13.1 Å². The third-order valence-electron chi connectivity index (χ3n) is 4.28. The van der Waals surface area contributed by atoms with Gasteiger partial charge in [0.15, 0.2) is 0 Å². The Morgan fingerprint density at radius 3 is 2.30 bits per heavy atom. The molecule has 0 bridgehead atoms.